The molecule has 0 fully saturated rings. The summed E-state index contributed by atoms with van der Waals surface area (Å²) >= 11 is 0. The lowest BCUT2D eigenvalue weighted by Crippen LogP contribution is -2.03. The van der Waals surface area contributed by atoms with Gasteiger partial charge in [-0.1, -0.05) is 36.4 Å². The van der Waals surface area contributed by atoms with Gasteiger partial charge in [-0.05, 0) is 43.0 Å². The van der Waals surface area contributed by atoms with E-state index in [1.165, 1.54) is 11.1 Å². The number of fused-ring (bicyclic) bond motifs is 1. The van der Waals surface area contributed by atoms with E-state index in [-0.39, 0.29) is 0 Å². The van der Waals surface area contributed by atoms with Crippen LogP contribution in [0.15, 0.2) is 67.5 Å². The maximum absolute atomic E-state index is 5.92. The van der Waals surface area contributed by atoms with Crippen LogP contribution in [0.4, 0.5) is 0 Å². The van der Waals surface area contributed by atoms with E-state index in [0.29, 0.717) is 0 Å². The number of hydrogen-bond acceptors (Lipinski definition) is 2. The standard InChI is InChI=1S/C20H22N2O/c1-2-9-17-10-3-6-13-20(17)23-15-8-7-14-22-16-21-18-11-4-5-12-19(18)22/h2-6,10-13,16H,1,7-9,14-15H2. The van der Waals surface area contributed by atoms with Crippen LogP contribution in [0.1, 0.15) is 18.4 Å². The van der Waals surface area contributed by atoms with E-state index in [0.717, 1.165) is 43.7 Å². The number of aryl methyl sites for hydroxylation is 1. The summed E-state index contributed by atoms with van der Waals surface area (Å²) < 4.78 is 8.13. The number of imidazole rings is 1. The first-order valence-electron chi connectivity index (χ1n) is 8.10. The molecule has 3 aromatic rings. The Labute approximate surface area is 137 Å². The molecule has 1 heterocycles. The highest BCUT2D eigenvalue weighted by Crippen LogP contribution is 2.19. The average molecular weight is 306 g/mol. The fourth-order valence-corrected chi connectivity index (χ4v) is 2.72. The van der Waals surface area contributed by atoms with Gasteiger partial charge in [0.25, 0.3) is 0 Å². The third-order valence-corrected chi connectivity index (χ3v) is 3.92. The third kappa shape index (κ3) is 3.81. The van der Waals surface area contributed by atoms with Crippen molar-refractivity contribution in [3.05, 3.63) is 73.1 Å². The molecule has 118 valence electrons. The number of unbranched alkanes of at least 4 members (excludes halogenated alkanes) is 1. The van der Waals surface area contributed by atoms with Crippen LogP contribution >= 0.6 is 0 Å². The number of allylic oxidation sites excluding steroid dienone is 1. The summed E-state index contributed by atoms with van der Waals surface area (Å²) in [6.07, 6.45) is 6.77. The molecule has 0 amide bonds. The molecule has 0 radical (unpaired) electrons. The van der Waals surface area contributed by atoms with Crippen molar-refractivity contribution in [2.75, 3.05) is 6.61 Å². The Morgan fingerprint density at radius 1 is 1.04 bits per heavy atom. The van der Waals surface area contributed by atoms with Crippen molar-refractivity contribution in [2.45, 2.75) is 25.8 Å². The zero-order valence-corrected chi connectivity index (χ0v) is 13.3. The van der Waals surface area contributed by atoms with Crippen LogP contribution in [-0.2, 0) is 13.0 Å². The predicted molar refractivity (Wildman–Crippen MR) is 94.8 cm³/mol. The molecule has 3 nitrogen and oxygen atoms in total. The van der Waals surface area contributed by atoms with E-state index in [2.05, 4.69) is 34.3 Å². The van der Waals surface area contributed by atoms with Gasteiger partial charge in [0.15, 0.2) is 0 Å². The monoisotopic (exact) mass is 306 g/mol. The molecule has 0 saturated carbocycles. The van der Waals surface area contributed by atoms with Crippen LogP contribution in [0.5, 0.6) is 5.75 Å². The Kier molecular flexibility index (Phi) is 5.09. The normalized spacial score (nSPS) is 10.8. The molecular weight excluding hydrogens is 284 g/mol. The van der Waals surface area contributed by atoms with Gasteiger partial charge in [-0.2, -0.15) is 0 Å². The largest absolute Gasteiger partial charge is 0.493 e. The molecule has 0 N–H and O–H groups in total. The zero-order chi connectivity index (χ0) is 15.9. The Hall–Kier alpha value is -2.55. The van der Waals surface area contributed by atoms with Crippen LogP contribution in [0.25, 0.3) is 11.0 Å². The minimum atomic E-state index is 0.737. The lowest BCUT2D eigenvalue weighted by Gasteiger charge is -2.10. The van der Waals surface area contributed by atoms with E-state index in [1.54, 1.807) is 0 Å². The smallest absolute Gasteiger partial charge is 0.122 e. The second kappa shape index (κ2) is 7.63. The van der Waals surface area contributed by atoms with Gasteiger partial charge >= 0.3 is 0 Å². The molecule has 23 heavy (non-hydrogen) atoms. The maximum Gasteiger partial charge on any atom is 0.122 e. The first-order chi connectivity index (χ1) is 11.4. The van der Waals surface area contributed by atoms with Gasteiger partial charge in [0.05, 0.1) is 24.0 Å². The maximum atomic E-state index is 5.92. The second-order valence-electron chi connectivity index (χ2n) is 5.58. The van der Waals surface area contributed by atoms with Crippen molar-refractivity contribution >= 4 is 11.0 Å². The van der Waals surface area contributed by atoms with Gasteiger partial charge in [0.1, 0.15) is 5.75 Å². The van der Waals surface area contributed by atoms with Crippen molar-refractivity contribution in [3.8, 4) is 5.75 Å². The molecule has 2 aromatic carbocycles. The Bertz CT molecular complexity index is 776. The minimum absolute atomic E-state index is 0.737. The summed E-state index contributed by atoms with van der Waals surface area (Å²) in [7, 11) is 0. The molecular formula is C20H22N2O. The molecule has 0 unspecified atom stereocenters. The summed E-state index contributed by atoms with van der Waals surface area (Å²) in [5.41, 5.74) is 3.45. The van der Waals surface area contributed by atoms with Crippen LogP contribution in [0.3, 0.4) is 0 Å². The number of aromatic nitrogens is 2. The summed E-state index contributed by atoms with van der Waals surface area (Å²) in [5.74, 6) is 0.973. The van der Waals surface area contributed by atoms with E-state index in [4.69, 9.17) is 4.74 Å². The van der Waals surface area contributed by atoms with Gasteiger partial charge in [-0.25, -0.2) is 4.98 Å². The number of benzene rings is 2. The topological polar surface area (TPSA) is 27.1 Å². The molecule has 1 aromatic heterocycles. The summed E-state index contributed by atoms with van der Waals surface area (Å²) in [4.78, 5) is 4.42. The second-order valence-corrected chi connectivity index (χ2v) is 5.58. The Morgan fingerprint density at radius 3 is 2.78 bits per heavy atom. The number of nitrogens with zero attached hydrogens (tertiary/aromatic N) is 2. The highest BCUT2D eigenvalue weighted by molar-refractivity contribution is 5.74. The molecule has 3 heteroatoms. The minimum Gasteiger partial charge on any atom is -0.493 e. The molecule has 0 spiro atoms. The quantitative estimate of drug-likeness (QED) is 0.448. The van der Waals surface area contributed by atoms with Crippen molar-refractivity contribution in [2.24, 2.45) is 0 Å². The van der Waals surface area contributed by atoms with E-state index >= 15 is 0 Å². The van der Waals surface area contributed by atoms with Crippen molar-refractivity contribution < 1.29 is 4.74 Å². The molecule has 0 saturated heterocycles. The van der Waals surface area contributed by atoms with Gasteiger partial charge in [-0.3, -0.25) is 0 Å². The molecule has 3 rings (SSSR count). The molecule has 0 atom stereocenters. The summed E-state index contributed by atoms with van der Waals surface area (Å²) in [6, 6.07) is 16.4. The highest BCUT2D eigenvalue weighted by Gasteiger charge is 2.03. The van der Waals surface area contributed by atoms with Crippen LogP contribution in [0.2, 0.25) is 0 Å². The Balaban J connectivity index is 1.48. The summed E-state index contributed by atoms with van der Waals surface area (Å²) in [5, 5.41) is 0. The fourth-order valence-electron chi connectivity index (χ4n) is 2.72. The van der Waals surface area contributed by atoms with Gasteiger partial charge in [0, 0.05) is 6.54 Å². The van der Waals surface area contributed by atoms with Crippen LogP contribution in [-0.4, -0.2) is 16.2 Å². The van der Waals surface area contributed by atoms with Crippen LogP contribution < -0.4 is 4.74 Å². The lowest BCUT2D eigenvalue weighted by molar-refractivity contribution is 0.301. The molecule has 0 aliphatic rings. The van der Waals surface area contributed by atoms with Gasteiger partial charge in [0.2, 0.25) is 0 Å². The van der Waals surface area contributed by atoms with Gasteiger partial charge < -0.3 is 9.30 Å². The van der Waals surface area contributed by atoms with E-state index in [1.807, 2.05) is 42.7 Å². The number of ether oxygens (including phenoxy) is 1. The zero-order valence-electron chi connectivity index (χ0n) is 13.3. The van der Waals surface area contributed by atoms with E-state index < -0.39 is 0 Å². The van der Waals surface area contributed by atoms with Crippen LogP contribution in [0, 0.1) is 0 Å². The van der Waals surface area contributed by atoms with Crippen molar-refractivity contribution in [1.82, 2.24) is 9.55 Å². The van der Waals surface area contributed by atoms with E-state index in [9.17, 15) is 0 Å². The molecule has 0 bridgehead atoms. The first kappa shape index (κ1) is 15.3. The fraction of sp³-hybridized carbons (Fsp3) is 0.250. The number of hydrogen-bond donors (Lipinski definition) is 0. The predicted octanol–water partition coefficient (Wildman–Crippen LogP) is 4.62. The third-order valence-electron chi connectivity index (χ3n) is 3.92. The number of para-hydroxylation sites is 3. The summed E-state index contributed by atoms with van der Waals surface area (Å²) in [6.45, 7) is 5.50. The highest BCUT2D eigenvalue weighted by atomic mass is 16.5. The lowest BCUT2D eigenvalue weighted by atomic mass is 10.1. The first-order valence-corrected chi connectivity index (χ1v) is 8.10. The number of rotatable bonds is 8. The van der Waals surface area contributed by atoms with Gasteiger partial charge in [-0.15, -0.1) is 6.58 Å². The Morgan fingerprint density at radius 2 is 1.87 bits per heavy atom. The van der Waals surface area contributed by atoms with Crippen molar-refractivity contribution in [1.29, 1.82) is 0 Å². The van der Waals surface area contributed by atoms with Crippen molar-refractivity contribution in [3.63, 3.8) is 0 Å². The molecule has 0 aliphatic heterocycles. The molecule has 0 aliphatic carbocycles. The SMILES string of the molecule is C=CCc1ccccc1OCCCCn1cnc2ccccc21. The average Bonchev–Trinajstić information content (AvgIpc) is 3.00.